The predicted octanol–water partition coefficient (Wildman–Crippen LogP) is 2.65. The second kappa shape index (κ2) is 8.27. The normalized spacial score (nSPS) is 14.2. The molecule has 3 nitrogen and oxygen atoms in total. The lowest BCUT2D eigenvalue weighted by Crippen LogP contribution is -2.43. The minimum Gasteiger partial charge on any atom is -0.394 e. The molecule has 1 unspecified atom stereocenters. The molecule has 0 bridgehead atoms. The van der Waals surface area contributed by atoms with Gasteiger partial charge in [0.2, 0.25) is 0 Å². The Balaban J connectivity index is 4.31. The van der Waals surface area contributed by atoms with Crippen molar-refractivity contribution in [2.75, 3.05) is 13.2 Å². The summed E-state index contributed by atoms with van der Waals surface area (Å²) in [6.45, 7) is 9.83. The monoisotopic (exact) mass is 233 g/mol. The molecule has 0 aliphatic rings. The van der Waals surface area contributed by atoms with Gasteiger partial charge < -0.3 is 14.6 Å². The van der Waals surface area contributed by atoms with Crippen LogP contribution in [0.4, 0.5) is 0 Å². The average molecular weight is 233 g/mol. The molecule has 0 aromatic rings. The molecule has 4 heteroatoms. The summed E-state index contributed by atoms with van der Waals surface area (Å²) < 4.78 is 11.8. The van der Waals surface area contributed by atoms with Gasteiger partial charge in [0.1, 0.15) is 0 Å². The van der Waals surface area contributed by atoms with Crippen molar-refractivity contribution in [3.63, 3.8) is 0 Å². The van der Waals surface area contributed by atoms with Crippen LogP contribution in [0.15, 0.2) is 0 Å². The lowest BCUT2D eigenvalue weighted by atomic mass is 10.3. The summed E-state index contributed by atoms with van der Waals surface area (Å²) in [4.78, 5) is 0. The zero-order valence-electron chi connectivity index (χ0n) is 10.7. The smallest absolute Gasteiger partial charge is 0.338 e. The summed E-state index contributed by atoms with van der Waals surface area (Å²) in [5.74, 6) is 0. The average Bonchev–Trinajstić information content (AvgIpc) is 2.16. The fourth-order valence-electron chi connectivity index (χ4n) is 1.81. The Kier molecular flexibility index (Phi) is 8.33. The Morgan fingerprint density at radius 3 is 1.93 bits per heavy atom. The summed E-state index contributed by atoms with van der Waals surface area (Å²) in [7, 11) is -1.94. The van der Waals surface area contributed by atoms with Crippen LogP contribution in [0.3, 0.4) is 0 Å². The van der Waals surface area contributed by atoms with Crippen molar-refractivity contribution < 1.29 is 8.85 Å². The Morgan fingerprint density at radius 2 is 1.60 bits per heavy atom. The van der Waals surface area contributed by atoms with Crippen LogP contribution >= 0.6 is 0 Å². The lowest BCUT2D eigenvalue weighted by molar-refractivity contribution is 0.180. The first-order valence-electron chi connectivity index (χ1n) is 6.13. The summed E-state index contributed by atoms with van der Waals surface area (Å²) in [5, 5.41) is 0. The van der Waals surface area contributed by atoms with E-state index in [4.69, 9.17) is 14.6 Å². The van der Waals surface area contributed by atoms with Crippen LogP contribution in [-0.2, 0) is 8.85 Å². The fraction of sp³-hybridized carbons (Fsp3) is 1.00. The SMILES string of the molecule is CCC[Si](CCC(C)N)(OCC)OCC. The standard InChI is InChI=1S/C11H27NO2Si/c1-5-9-15(13-6-2,14-7-3)10-8-11(4)12/h11H,5-10,12H2,1-4H3. The molecule has 0 fully saturated rings. The highest BCUT2D eigenvalue weighted by Crippen LogP contribution is 2.23. The van der Waals surface area contributed by atoms with Gasteiger partial charge >= 0.3 is 8.56 Å². The van der Waals surface area contributed by atoms with Crippen LogP contribution in [0, 0.1) is 0 Å². The summed E-state index contributed by atoms with van der Waals surface area (Å²) >= 11 is 0. The Bertz CT molecular complexity index is 137. The van der Waals surface area contributed by atoms with Crippen LogP contribution < -0.4 is 5.73 Å². The zero-order chi connectivity index (χ0) is 11.7. The van der Waals surface area contributed by atoms with Crippen LogP contribution in [0.2, 0.25) is 12.1 Å². The zero-order valence-corrected chi connectivity index (χ0v) is 11.7. The molecule has 15 heavy (non-hydrogen) atoms. The molecule has 0 saturated carbocycles. The van der Waals surface area contributed by atoms with Crippen molar-refractivity contribution in [2.45, 2.75) is 58.7 Å². The van der Waals surface area contributed by atoms with Crippen LogP contribution in [0.5, 0.6) is 0 Å². The van der Waals surface area contributed by atoms with Crippen LogP contribution in [0.1, 0.15) is 40.5 Å². The van der Waals surface area contributed by atoms with Gasteiger partial charge in [-0.05, 0) is 39.3 Å². The molecule has 0 heterocycles. The largest absolute Gasteiger partial charge is 0.394 e. The van der Waals surface area contributed by atoms with Crippen molar-refractivity contribution in [3.8, 4) is 0 Å². The van der Waals surface area contributed by atoms with Crippen molar-refractivity contribution in [2.24, 2.45) is 5.73 Å². The van der Waals surface area contributed by atoms with E-state index in [1.165, 1.54) is 0 Å². The first-order chi connectivity index (χ1) is 7.10. The number of rotatable bonds is 9. The summed E-state index contributed by atoms with van der Waals surface area (Å²) in [6.07, 6.45) is 2.14. The third-order valence-electron chi connectivity index (χ3n) is 2.43. The van der Waals surface area contributed by atoms with Gasteiger partial charge in [0.25, 0.3) is 0 Å². The van der Waals surface area contributed by atoms with Gasteiger partial charge in [-0.25, -0.2) is 0 Å². The molecule has 0 aliphatic heterocycles. The predicted molar refractivity (Wildman–Crippen MR) is 67.2 cm³/mol. The second-order valence-electron chi connectivity index (χ2n) is 4.04. The minimum absolute atomic E-state index is 0.245. The quantitative estimate of drug-likeness (QED) is 0.623. The van der Waals surface area contributed by atoms with Gasteiger partial charge in [0.05, 0.1) is 0 Å². The molecule has 92 valence electrons. The molecule has 1 atom stereocenters. The number of hydrogen-bond acceptors (Lipinski definition) is 3. The Hall–Kier alpha value is 0.0969. The van der Waals surface area contributed by atoms with Crippen LogP contribution in [0.25, 0.3) is 0 Å². The van der Waals surface area contributed by atoms with Crippen LogP contribution in [-0.4, -0.2) is 27.8 Å². The van der Waals surface area contributed by atoms with Crippen molar-refractivity contribution in [1.29, 1.82) is 0 Å². The maximum Gasteiger partial charge on any atom is 0.338 e. The van der Waals surface area contributed by atoms with E-state index in [0.717, 1.165) is 38.1 Å². The summed E-state index contributed by atoms with van der Waals surface area (Å²) in [6, 6.07) is 2.36. The molecular formula is C11H27NO2Si. The number of hydrogen-bond donors (Lipinski definition) is 1. The highest BCUT2D eigenvalue weighted by Gasteiger charge is 2.35. The first kappa shape index (κ1) is 15.1. The maximum atomic E-state index is 5.92. The second-order valence-corrected chi connectivity index (χ2v) is 7.44. The third-order valence-corrected chi connectivity index (χ3v) is 6.37. The third kappa shape index (κ3) is 6.30. The van der Waals surface area contributed by atoms with E-state index >= 15 is 0 Å². The molecule has 0 aliphatic carbocycles. The van der Waals surface area contributed by atoms with Gasteiger partial charge in [0.15, 0.2) is 0 Å². The van der Waals surface area contributed by atoms with E-state index in [1.807, 2.05) is 20.8 Å². The molecular weight excluding hydrogens is 206 g/mol. The number of nitrogens with two attached hydrogens (primary N) is 1. The van der Waals surface area contributed by atoms with E-state index in [9.17, 15) is 0 Å². The molecule has 0 spiro atoms. The summed E-state index contributed by atoms with van der Waals surface area (Å²) in [5.41, 5.74) is 5.80. The molecule has 0 saturated heterocycles. The molecule has 0 amide bonds. The van der Waals surface area contributed by atoms with E-state index in [1.54, 1.807) is 0 Å². The molecule has 0 aromatic heterocycles. The molecule has 0 rings (SSSR count). The van der Waals surface area contributed by atoms with E-state index in [-0.39, 0.29) is 6.04 Å². The maximum absolute atomic E-state index is 5.92. The molecule has 0 aromatic carbocycles. The highest BCUT2D eigenvalue weighted by molar-refractivity contribution is 6.67. The van der Waals surface area contributed by atoms with Crippen molar-refractivity contribution in [3.05, 3.63) is 0 Å². The topological polar surface area (TPSA) is 44.5 Å². The lowest BCUT2D eigenvalue weighted by Gasteiger charge is -2.30. The Morgan fingerprint density at radius 1 is 1.07 bits per heavy atom. The molecule has 0 radical (unpaired) electrons. The van der Waals surface area contributed by atoms with Gasteiger partial charge in [0, 0.05) is 19.3 Å². The van der Waals surface area contributed by atoms with E-state index in [2.05, 4.69) is 6.92 Å². The van der Waals surface area contributed by atoms with Crippen molar-refractivity contribution in [1.82, 2.24) is 0 Å². The van der Waals surface area contributed by atoms with Gasteiger partial charge in [-0.2, -0.15) is 0 Å². The van der Waals surface area contributed by atoms with Gasteiger partial charge in [-0.15, -0.1) is 0 Å². The van der Waals surface area contributed by atoms with Gasteiger partial charge in [-0.3, -0.25) is 0 Å². The highest BCUT2D eigenvalue weighted by atomic mass is 28.4. The fourth-order valence-corrected chi connectivity index (χ4v) is 5.43. The van der Waals surface area contributed by atoms with Crippen molar-refractivity contribution >= 4 is 8.56 Å². The van der Waals surface area contributed by atoms with Gasteiger partial charge in [-0.1, -0.05) is 13.3 Å². The van der Waals surface area contributed by atoms with E-state index < -0.39 is 8.56 Å². The minimum atomic E-state index is -1.94. The Labute approximate surface area is 95.6 Å². The molecule has 2 N–H and O–H groups in total. The van der Waals surface area contributed by atoms with E-state index in [0.29, 0.717) is 0 Å². The first-order valence-corrected chi connectivity index (χ1v) is 8.36.